The molecule has 0 aromatic carbocycles. The van der Waals surface area contributed by atoms with Crippen molar-refractivity contribution in [1.82, 2.24) is 15.3 Å². The van der Waals surface area contributed by atoms with Crippen LogP contribution in [0.3, 0.4) is 0 Å². The first-order valence-corrected chi connectivity index (χ1v) is 6.13. The molecule has 1 atom stereocenters. The number of nitrogens with one attached hydrogen (secondary N) is 2. The van der Waals surface area contributed by atoms with Gasteiger partial charge in [0.2, 0.25) is 5.91 Å². The number of carbonyl (C=O) groups excluding carboxylic acids is 1. The van der Waals surface area contributed by atoms with Crippen LogP contribution in [0.1, 0.15) is 32.1 Å². The fraction of sp³-hybridized carbons (Fsp3) is 0.583. The van der Waals surface area contributed by atoms with Gasteiger partial charge in [0, 0.05) is 12.5 Å². The van der Waals surface area contributed by atoms with Crippen molar-refractivity contribution in [3.8, 4) is 0 Å². The Hall–Kier alpha value is -1.49. The largest absolute Gasteiger partial charge is 0.323 e. The van der Waals surface area contributed by atoms with Crippen LogP contribution in [0, 0.1) is 0 Å². The topological polar surface area (TPSA) is 66.9 Å². The van der Waals surface area contributed by atoms with Crippen molar-refractivity contribution in [3.63, 3.8) is 0 Å². The number of rotatable bonds is 4. The number of hydrogen-bond donors (Lipinski definition) is 2. The van der Waals surface area contributed by atoms with Crippen LogP contribution < -0.4 is 10.6 Å². The van der Waals surface area contributed by atoms with Gasteiger partial charge in [0.1, 0.15) is 6.33 Å². The van der Waals surface area contributed by atoms with Crippen molar-refractivity contribution in [1.29, 1.82) is 0 Å². The van der Waals surface area contributed by atoms with Gasteiger partial charge in [-0.25, -0.2) is 9.97 Å². The number of carbonyl (C=O) groups is 1. The number of hydrogen-bond acceptors (Lipinski definition) is 4. The van der Waals surface area contributed by atoms with Crippen LogP contribution >= 0.6 is 0 Å². The summed E-state index contributed by atoms with van der Waals surface area (Å²) in [4.78, 5) is 19.4. The quantitative estimate of drug-likeness (QED) is 0.825. The van der Waals surface area contributed by atoms with E-state index < -0.39 is 0 Å². The summed E-state index contributed by atoms with van der Waals surface area (Å²) in [6.07, 6.45) is 9.80. The van der Waals surface area contributed by atoms with Gasteiger partial charge >= 0.3 is 0 Å². The first kappa shape index (κ1) is 12.0. The highest BCUT2D eigenvalue weighted by Gasteiger charge is 2.13. The van der Waals surface area contributed by atoms with Gasteiger partial charge in [-0.05, 0) is 25.8 Å². The zero-order valence-electron chi connectivity index (χ0n) is 9.85. The van der Waals surface area contributed by atoms with E-state index in [0.717, 1.165) is 13.0 Å². The number of anilines is 1. The summed E-state index contributed by atoms with van der Waals surface area (Å²) < 4.78 is 0. The molecule has 1 amide bonds. The molecule has 2 heterocycles. The van der Waals surface area contributed by atoms with E-state index in [1.54, 1.807) is 12.4 Å². The minimum atomic E-state index is 0.0344. The van der Waals surface area contributed by atoms with Crippen LogP contribution in [-0.2, 0) is 4.79 Å². The number of amides is 1. The van der Waals surface area contributed by atoms with Crippen molar-refractivity contribution in [3.05, 3.63) is 18.7 Å². The lowest BCUT2D eigenvalue weighted by atomic mass is 10.0. The lowest BCUT2D eigenvalue weighted by Crippen LogP contribution is -2.34. The molecule has 0 aliphatic carbocycles. The third-order valence-corrected chi connectivity index (χ3v) is 2.98. The van der Waals surface area contributed by atoms with Crippen LogP contribution in [0.25, 0.3) is 0 Å². The Labute approximate surface area is 101 Å². The van der Waals surface area contributed by atoms with Crippen molar-refractivity contribution < 1.29 is 4.79 Å². The summed E-state index contributed by atoms with van der Waals surface area (Å²) >= 11 is 0. The van der Waals surface area contributed by atoms with Crippen LogP contribution in [0.5, 0.6) is 0 Å². The summed E-state index contributed by atoms with van der Waals surface area (Å²) in [5, 5.41) is 6.22. The molecule has 92 valence electrons. The van der Waals surface area contributed by atoms with Crippen LogP contribution in [-0.4, -0.2) is 28.5 Å². The monoisotopic (exact) mass is 234 g/mol. The molecule has 5 nitrogen and oxygen atoms in total. The molecule has 0 saturated carbocycles. The van der Waals surface area contributed by atoms with Crippen LogP contribution in [0.15, 0.2) is 18.7 Å². The van der Waals surface area contributed by atoms with Gasteiger partial charge in [-0.1, -0.05) is 6.42 Å². The maximum atomic E-state index is 11.7. The first-order chi connectivity index (χ1) is 8.34. The molecule has 17 heavy (non-hydrogen) atoms. The lowest BCUT2D eigenvalue weighted by Gasteiger charge is -2.22. The van der Waals surface area contributed by atoms with Gasteiger partial charge in [0.15, 0.2) is 0 Å². The molecule has 1 aliphatic heterocycles. The fourth-order valence-corrected chi connectivity index (χ4v) is 2.06. The number of piperidine rings is 1. The Balaban J connectivity index is 1.70. The Morgan fingerprint density at radius 1 is 1.41 bits per heavy atom. The molecule has 0 spiro atoms. The third kappa shape index (κ3) is 4.11. The average molecular weight is 234 g/mol. The SMILES string of the molecule is O=C(CCC1CCCCN1)Nc1cncnc1. The summed E-state index contributed by atoms with van der Waals surface area (Å²) in [6.45, 7) is 1.08. The van der Waals surface area contributed by atoms with Crippen molar-refractivity contribution in [2.75, 3.05) is 11.9 Å². The Bertz CT molecular complexity index is 349. The second-order valence-corrected chi connectivity index (χ2v) is 4.36. The summed E-state index contributed by atoms with van der Waals surface area (Å²) in [7, 11) is 0. The Morgan fingerprint density at radius 3 is 2.94 bits per heavy atom. The number of nitrogens with zero attached hydrogens (tertiary/aromatic N) is 2. The standard InChI is InChI=1S/C12H18N4O/c17-12(16-11-7-13-9-14-8-11)5-4-10-3-1-2-6-15-10/h7-10,15H,1-6H2,(H,16,17). The van der Waals surface area contributed by atoms with Gasteiger partial charge in [0.05, 0.1) is 18.1 Å². The van der Waals surface area contributed by atoms with Crippen molar-refractivity contribution in [2.45, 2.75) is 38.1 Å². The molecule has 1 fully saturated rings. The molecule has 1 aromatic heterocycles. The fourth-order valence-electron chi connectivity index (χ4n) is 2.06. The Morgan fingerprint density at radius 2 is 2.24 bits per heavy atom. The molecule has 1 aromatic rings. The number of aromatic nitrogens is 2. The van der Waals surface area contributed by atoms with E-state index in [4.69, 9.17) is 0 Å². The zero-order chi connectivity index (χ0) is 11.9. The third-order valence-electron chi connectivity index (χ3n) is 2.98. The minimum Gasteiger partial charge on any atom is -0.323 e. The van der Waals surface area contributed by atoms with Crippen molar-refractivity contribution >= 4 is 11.6 Å². The molecule has 2 N–H and O–H groups in total. The summed E-state index contributed by atoms with van der Waals surface area (Å²) in [5.41, 5.74) is 0.661. The molecule has 1 unspecified atom stereocenters. The average Bonchev–Trinajstić information content (AvgIpc) is 2.39. The van der Waals surface area contributed by atoms with E-state index in [-0.39, 0.29) is 5.91 Å². The molecule has 0 bridgehead atoms. The van der Waals surface area contributed by atoms with E-state index in [0.29, 0.717) is 18.2 Å². The lowest BCUT2D eigenvalue weighted by molar-refractivity contribution is -0.116. The second kappa shape index (κ2) is 6.30. The van der Waals surface area contributed by atoms with Crippen LogP contribution in [0.4, 0.5) is 5.69 Å². The maximum Gasteiger partial charge on any atom is 0.224 e. The highest BCUT2D eigenvalue weighted by molar-refractivity contribution is 5.90. The molecular formula is C12H18N4O. The Kier molecular flexibility index (Phi) is 4.44. The highest BCUT2D eigenvalue weighted by atomic mass is 16.1. The minimum absolute atomic E-state index is 0.0344. The van der Waals surface area contributed by atoms with E-state index in [1.165, 1.54) is 25.6 Å². The van der Waals surface area contributed by atoms with Gasteiger partial charge in [0.25, 0.3) is 0 Å². The highest BCUT2D eigenvalue weighted by Crippen LogP contribution is 2.12. The van der Waals surface area contributed by atoms with Crippen LogP contribution in [0.2, 0.25) is 0 Å². The molecule has 1 saturated heterocycles. The molecular weight excluding hydrogens is 216 g/mol. The van der Waals surface area contributed by atoms with Gasteiger partial charge in [-0.3, -0.25) is 4.79 Å². The van der Waals surface area contributed by atoms with Crippen molar-refractivity contribution in [2.24, 2.45) is 0 Å². The molecule has 2 rings (SSSR count). The van der Waals surface area contributed by atoms with E-state index >= 15 is 0 Å². The molecule has 5 heteroatoms. The normalized spacial score (nSPS) is 19.9. The smallest absolute Gasteiger partial charge is 0.224 e. The van der Waals surface area contributed by atoms with Gasteiger partial charge in [-0.2, -0.15) is 0 Å². The van der Waals surface area contributed by atoms with E-state index in [1.807, 2.05) is 0 Å². The maximum absolute atomic E-state index is 11.7. The van der Waals surface area contributed by atoms with E-state index in [9.17, 15) is 4.79 Å². The van der Waals surface area contributed by atoms with Gasteiger partial charge < -0.3 is 10.6 Å². The zero-order valence-corrected chi connectivity index (χ0v) is 9.85. The predicted octanol–water partition coefficient (Wildman–Crippen LogP) is 1.34. The first-order valence-electron chi connectivity index (χ1n) is 6.13. The van der Waals surface area contributed by atoms with E-state index in [2.05, 4.69) is 20.6 Å². The summed E-state index contributed by atoms with van der Waals surface area (Å²) in [5.74, 6) is 0.0344. The predicted molar refractivity (Wildman–Crippen MR) is 65.5 cm³/mol. The molecule has 1 aliphatic rings. The van der Waals surface area contributed by atoms with Gasteiger partial charge in [-0.15, -0.1) is 0 Å². The second-order valence-electron chi connectivity index (χ2n) is 4.36. The summed E-state index contributed by atoms with van der Waals surface area (Å²) in [6, 6.07) is 0.501. The molecule has 0 radical (unpaired) electrons.